The molecule has 0 radical (unpaired) electrons. The predicted octanol–water partition coefficient (Wildman–Crippen LogP) is 1.51. The summed E-state index contributed by atoms with van der Waals surface area (Å²) in [6.07, 6.45) is 0. The first kappa shape index (κ1) is 14.6. The van der Waals surface area contributed by atoms with E-state index in [-0.39, 0.29) is 29.4 Å². The van der Waals surface area contributed by atoms with Gasteiger partial charge in [0.2, 0.25) is 11.0 Å². The summed E-state index contributed by atoms with van der Waals surface area (Å²) in [5.74, 6) is -1.30. The normalized spacial score (nSPS) is 13.4. The van der Waals surface area contributed by atoms with E-state index >= 15 is 0 Å². The molecule has 0 aliphatic carbocycles. The van der Waals surface area contributed by atoms with Crippen molar-refractivity contribution in [1.29, 1.82) is 0 Å². The van der Waals surface area contributed by atoms with E-state index in [1.807, 2.05) is 0 Å². The number of amides is 3. The second-order valence-electron chi connectivity index (χ2n) is 4.42. The number of anilines is 1. The lowest BCUT2D eigenvalue weighted by atomic mass is 10.1. The Morgan fingerprint density at radius 1 is 1.18 bits per heavy atom. The molecule has 0 fully saturated rings. The van der Waals surface area contributed by atoms with Crippen molar-refractivity contribution in [2.24, 2.45) is 0 Å². The number of nitrogens with zero attached hydrogens (tertiary/aromatic N) is 3. The number of imide groups is 1. The van der Waals surface area contributed by atoms with E-state index < -0.39 is 5.91 Å². The zero-order chi connectivity index (χ0) is 15.7. The summed E-state index contributed by atoms with van der Waals surface area (Å²) in [4.78, 5) is 36.7. The van der Waals surface area contributed by atoms with E-state index in [1.165, 1.54) is 0 Å². The van der Waals surface area contributed by atoms with Gasteiger partial charge in [-0.1, -0.05) is 23.5 Å². The molecule has 1 aliphatic rings. The minimum Gasteiger partial charge on any atom is -0.299 e. The van der Waals surface area contributed by atoms with Crippen molar-refractivity contribution in [3.63, 3.8) is 0 Å². The van der Waals surface area contributed by atoms with Gasteiger partial charge in [0.25, 0.3) is 11.8 Å². The van der Waals surface area contributed by atoms with Crippen molar-refractivity contribution in [3.8, 4) is 0 Å². The molecule has 9 heteroatoms. The highest BCUT2D eigenvalue weighted by atomic mass is 35.5. The van der Waals surface area contributed by atoms with Gasteiger partial charge in [0, 0.05) is 0 Å². The van der Waals surface area contributed by atoms with Crippen LogP contribution in [0.3, 0.4) is 0 Å². The van der Waals surface area contributed by atoms with Crippen molar-refractivity contribution >= 4 is 45.8 Å². The van der Waals surface area contributed by atoms with Crippen molar-refractivity contribution in [1.82, 2.24) is 15.1 Å². The maximum atomic E-state index is 12.2. The molecule has 7 nitrogen and oxygen atoms in total. The van der Waals surface area contributed by atoms with E-state index in [9.17, 15) is 14.4 Å². The molecule has 0 unspecified atom stereocenters. The van der Waals surface area contributed by atoms with Crippen LogP contribution in [0.25, 0.3) is 0 Å². The average molecular weight is 337 g/mol. The predicted molar refractivity (Wildman–Crippen MR) is 79.9 cm³/mol. The topological polar surface area (TPSA) is 92.3 Å². The van der Waals surface area contributed by atoms with Gasteiger partial charge in [0.05, 0.1) is 17.7 Å². The van der Waals surface area contributed by atoms with Gasteiger partial charge in [-0.25, -0.2) is 0 Å². The SMILES string of the molecule is O=C(CCl)Nc1nnc(CN2C(=O)c3ccccc3C2=O)s1. The summed E-state index contributed by atoms with van der Waals surface area (Å²) in [5.41, 5.74) is 0.764. The van der Waals surface area contributed by atoms with Crippen LogP contribution in [0.2, 0.25) is 0 Å². The number of carbonyl (C=O) groups excluding carboxylic acids is 3. The largest absolute Gasteiger partial charge is 0.299 e. The van der Waals surface area contributed by atoms with Crippen LogP contribution in [-0.2, 0) is 11.3 Å². The minimum atomic E-state index is -0.398. The second kappa shape index (κ2) is 5.82. The molecule has 1 aliphatic heterocycles. The smallest absolute Gasteiger partial charge is 0.261 e. The molecule has 0 spiro atoms. The van der Waals surface area contributed by atoms with Gasteiger partial charge in [-0.15, -0.1) is 21.8 Å². The summed E-state index contributed by atoms with van der Waals surface area (Å²) in [6.45, 7) is 0.0146. The molecule has 0 saturated heterocycles. The highest BCUT2D eigenvalue weighted by Gasteiger charge is 2.35. The molecule has 1 N–H and O–H groups in total. The van der Waals surface area contributed by atoms with E-state index in [4.69, 9.17) is 11.6 Å². The number of hydrogen-bond acceptors (Lipinski definition) is 6. The van der Waals surface area contributed by atoms with Gasteiger partial charge in [-0.3, -0.25) is 24.6 Å². The van der Waals surface area contributed by atoms with Crippen molar-refractivity contribution < 1.29 is 14.4 Å². The average Bonchev–Trinajstić information content (AvgIpc) is 3.06. The van der Waals surface area contributed by atoms with Crippen LogP contribution in [0.15, 0.2) is 24.3 Å². The zero-order valence-electron chi connectivity index (χ0n) is 11.1. The molecule has 3 rings (SSSR count). The molecule has 0 saturated carbocycles. The summed E-state index contributed by atoms with van der Waals surface area (Å²) in [6, 6.07) is 6.64. The summed E-state index contributed by atoms with van der Waals surface area (Å²) >= 11 is 6.47. The van der Waals surface area contributed by atoms with Crippen LogP contribution in [0, 0.1) is 0 Å². The fourth-order valence-corrected chi connectivity index (χ4v) is 2.85. The lowest BCUT2D eigenvalue weighted by molar-refractivity contribution is -0.113. The van der Waals surface area contributed by atoms with Gasteiger partial charge >= 0.3 is 0 Å². The Morgan fingerprint density at radius 3 is 2.41 bits per heavy atom. The molecule has 3 amide bonds. The van der Waals surface area contributed by atoms with E-state index in [1.54, 1.807) is 24.3 Å². The third kappa shape index (κ3) is 2.58. The maximum Gasteiger partial charge on any atom is 0.261 e. The summed E-state index contributed by atoms with van der Waals surface area (Å²) < 4.78 is 0. The number of halogens is 1. The Hall–Kier alpha value is -2.32. The first-order valence-corrected chi connectivity index (χ1v) is 7.58. The van der Waals surface area contributed by atoms with Gasteiger partial charge in [-0.2, -0.15) is 0 Å². The molecule has 22 heavy (non-hydrogen) atoms. The van der Waals surface area contributed by atoms with Gasteiger partial charge in [-0.05, 0) is 12.1 Å². The molecule has 1 aromatic heterocycles. The van der Waals surface area contributed by atoms with E-state index in [0.29, 0.717) is 16.1 Å². The Balaban J connectivity index is 1.76. The molecule has 0 bridgehead atoms. The number of benzene rings is 1. The van der Waals surface area contributed by atoms with Crippen molar-refractivity contribution in [2.45, 2.75) is 6.54 Å². The highest BCUT2D eigenvalue weighted by molar-refractivity contribution is 7.15. The quantitative estimate of drug-likeness (QED) is 0.675. The molecule has 112 valence electrons. The zero-order valence-corrected chi connectivity index (χ0v) is 12.6. The van der Waals surface area contributed by atoms with Crippen molar-refractivity contribution in [2.75, 3.05) is 11.2 Å². The third-order valence-corrected chi connectivity index (χ3v) is 4.07. The first-order chi connectivity index (χ1) is 10.6. The molecule has 2 aromatic rings. The Kier molecular flexibility index (Phi) is 3.86. The molecule has 1 aromatic carbocycles. The Labute approximate surface area is 133 Å². The molecular formula is C13H9ClN4O3S. The lowest BCUT2D eigenvalue weighted by Crippen LogP contribution is -2.29. The first-order valence-electron chi connectivity index (χ1n) is 6.23. The van der Waals surface area contributed by atoms with Crippen molar-refractivity contribution in [3.05, 3.63) is 40.4 Å². The molecular weight excluding hydrogens is 328 g/mol. The van der Waals surface area contributed by atoms with E-state index in [2.05, 4.69) is 15.5 Å². The van der Waals surface area contributed by atoms with Crippen LogP contribution < -0.4 is 5.32 Å². The van der Waals surface area contributed by atoms with Crippen LogP contribution in [0.1, 0.15) is 25.7 Å². The monoisotopic (exact) mass is 336 g/mol. The maximum absolute atomic E-state index is 12.2. The van der Waals surface area contributed by atoms with E-state index in [0.717, 1.165) is 16.2 Å². The summed E-state index contributed by atoms with van der Waals surface area (Å²) in [5, 5.41) is 10.8. The number of alkyl halides is 1. The number of fused-ring (bicyclic) bond motifs is 1. The van der Waals surface area contributed by atoms with Gasteiger partial charge in [0.1, 0.15) is 10.9 Å². The molecule has 0 atom stereocenters. The minimum absolute atomic E-state index is 0.0146. The fourth-order valence-electron chi connectivity index (χ4n) is 2.04. The number of hydrogen-bond donors (Lipinski definition) is 1. The Morgan fingerprint density at radius 2 is 1.82 bits per heavy atom. The van der Waals surface area contributed by atoms with Gasteiger partial charge < -0.3 is 0 Å². The lowest BCUT2D eigenvalue weighted by Gasteiger charge is -2.10. The molecule has 2 heterocycles. The Bertz CT molecular complexity index is 741. The van der Waals surface area contributed by atoms with Crippen LogP contribution in [-0.4, -0.2) is 38.7 Å². The number of nitrogens with one attached hydrogen (secondary N) is 1. The fraction of sp³-hybridized carbons (Fsp3) is 0.154. The standard InChI is InChI=1S/C13H9ClN4O3S/c14-5-9(19)15-13-17-16-10(22-13)6-18-11(20)7-3-1-2-4-8(7)12(18)21/h1-4H,5-6H2,(H,15,17,19). The van der Waals surface area contributed by atoms with Crippen LogP contribution in [0.5, 0.6) is 0 Å². The highest BCUT2D eigenvalue weighted by Crippen LogP contribution is 2.25. The number of rotatable bonds is 4. The van der Waals surface area contributed by atoms with Crippen LogP contribution >= 0.6 is 22.9 Å². The van der Waals surface area contributed by atoms with Crippen LogP contribution in [0.4, 0.5) is 5.13 Å². The number of aromatic nitrogens is 2. The third-order valence-electron chi connectivity index (χ3n) is 3.01. The second-order valence-corrected chi connectivity index (χ2v) is 5.75. The summed E-state index contributed by atoms with van der Waals surface area (Å²) in [7, 11) is 0. The van der Waals surface area contributed by atoms with Gasteiger partial charge in [0.15, 0.2) is 0 Å². The number of carbonyl (C=O) groups is 3.